The molecule has 1 aliphatic heterocycles. The summed E-state index contributed by atoms with van der Waals surface area (Å²) in [5, 5.41) is 8.29. The number of hydrogen-bond donors (Lipinski definition) is 0. The van der Waals surface area contributed by atoms with Gasteiger partial charge in [0, 0.05) is 12.6 Å². The Kier molecular flexibility index (Phi) is 4.32. The summed E-state index contributed by atoms with van der Waals surface area (Å²) in [7, 11) is 0. The largest absolute Gasteiger partial charge is 0.334 e. The standard InChI is InChI=1S/C19H24N4O/c24-19(23-12-6-11-18(23)16-9-4-5-10-16)17-14-22(21-20-17)13-15-7-2-1-3-8-15/h1-3,7-8,14,16,18H,4-6,9-13H2/t18-/m1/s1. The number of benzene rings is 1. The van der Waals surface area contributed by atoms with Crippen molar-refractivity contribution >= 4 is 5.91 Å². The predicted octanol–water partition coefficient (Wildman–Crippen LogP) is 3.12. The third-order valence-electron chi connectivity index (χ3n) is 5.45. The molecular weight excluding hydrogens is 300 g/mol. The summed E-state index contributed by atoms with van der Waals surface area (Å²) in [5.41, 5.74) is 1.64. The fourth-order valence-electron chi connectivity index (χ4n) is 4.27. The number of carbonyl (C=O) groups is 1. The Bertz CT molecular complexity index is 690. The first kappa shape index (κ1) is 15.4. The molecule has 5 heteroatoms. The molecule has 2 fully saturated rings. The van der Waals surface area contributed by atoms with Crippen molar-refractivity contribution in [1.29, 1.82) is 0 Å². The SMILES string of the molecule is O=C(c1cn(Cc2ccccc2)nn1)N1CCC[C@@H]1C1CCCC1. The molecule has 5 nitrogen and oxygen atoms in total. The average molecular weight is 324 g/mol. The number of hydrogen-bond acceptors (Lipinski definition) is 3. The van der Waals surface area contributed by atoms with Gasteiger partial charge in [-0.3, -0.25) is 4.79 Å². The molecule has 1 amide bonds. The zero-order valence-corrected chi connectivity index (χ0v) is 14.0. The van der Waals surface area contributed by atoms with E-state index in [4.69, 9.17) is 0 Å². The Morgan fingerprint density at radius 2 is 1.88 bits per heavy atom. The zero-order chi connectivity index (χ0) is 16.4. The van der Waals surface area contributed by atoms with Crippen LogP contribution in [0.2, 0.25) is 0 Å². The number of rotatable bonds is 4. The zero-order valence-electron chi connectivity index (χ0n) is 14.0. The Morgan fingerprint density at radius 1 is 1.08 bits per heavy atom. The van der Waals surface area contributed by atoms with Crippen molar-refractivity contribution in [2.45, 2.75) is 51.1 Å². The Labute approximate surface area is 142 Å². The second kappa shape index (κ2) is 6.75. The molecule has 1 aliphatic carbocycles. The van der Waals surface area contributed by atoms with E-state index in [1.165, 1.54) is 25.7 Å². The van der Waals surface area contributed by atoms with Gasteiger partial charge in [0.1, 0.15) is 0 Å². The fourth-order valence-corrected chi connectivity index (χ4v) is 4.27. The average Bonchev–Trinajstić information content (AvgIpc) is 3.35. The predicted molar refractivity (Wildman–Crippen MR) is 91.6 cm³/mol. The lowest BCUT2D eigenvalue weighted by Gasteiger charge is -2.28. The van der Waals surface area contributed by atoms with Gasteiger partial charge in [0.05, 0.1) is 12.7 Å². The number of nitrogens with zero attached hydrogens (tertiary/aromatic N) is 4. The van der Waals surface area contributed by atoms with Gasteiger partial charge in [0.15, 0.2) is 5.69 Å². The second-order valence-corrected chi connectivity index (χ2v) is 7.04. The minimum atomic E-state index is 0.0590. The molecule has 24 heavy (non-hydrogen) atoms. The van der Waals surface area contributed by atoms with Gasteiger partial charge >= 0.3 is 0 Å². The molecular formula is C19H24N4O. The highest BCUT2D eigenvalue weighted by atomic mass is 16.2. The fraction of sp³-hybridized carbons (Fsp3) is 0.526. The molecule has 2 aromatic rings. The highest BCUT2D eigenvalue weighted by Gasteiger charge is 2.36. The summed E-state index contributed by atoms with van der Waals surface area (Å²) in [6, 6.07) is 10.5. The quantitative estimate of drug-likeness (QED) is 0.868. The number of carbonyl (C=O) groups excluding carboxylic acids is 1. The smallest absolute Gasteiger partial charge is 0.276 e. The molecule has 0 bridgehead atoms. The maximum Gasteiger partial charge on any atom is 0.276 e. The van der Waals surface area contributed by atoms with Crippen LogP contribution in [-0.4, -0.2) is 38.4 Å². The van der Waals surface area contributed by atoms with Crippen molar-refractivity contribution in [3.05, 3.63) is 47.8 Å². The van der Waals surface area contributed by atoms with Gasteiger partial charge in [-0.25, -0.2) is 4.68 Å². The van der Waals surface area contributed by atoms with Gasteiger partial charge in [-0.1, -0.05) is 48.4 Å². The van der Waals surface area contributed by atoms with E-state index in [1.54, 1.807) is 10.9 Å². The number of amides is 1. The molecule has 2 aliphatic rings. The van der Waals surface area contributed by atoms with E-state index in [2.05, 4.69) is 27.3 Å². The molecule has 1 saturated heterocycles. The Morgan fingerprint density at radius 3 is 2.67 bits per heavy atom. The van der Waals surface area contributed by atoms with E-state index in [0.717, 1.165) is 24.9 Å². The Hall–Kier alpha value is -2.17. The summed E-state index contributed by atoms with van der Waals surface area (Å²) in [5.74, 6) is 0.750. The molecule has 0 unspecified atom stereocenters. The van der Waals surface area contributed by atoms with Crippen molar-refractivity contribution < 1.29 is 4.79 Å². The molecule has 1 saturated carbocycles. The summed E-state index contributed by atoms with van der Waals surface area (Å²) >= 11 is 0. The third-order valence-corrected chi connectivity index (χ3v) is 5.45. The van der Waals surface area contributed by atoms with Crippen molar-refractivity contribution in [1.82, 2.24) is 19.9 Å². The van der Waals surface area contributed by atoms with Gasteiger partial charge in [0.2, 0.25) is 0 Å². The van der Waals surface area contributed by atoms with Crippen molar-refractivity contribution in [2.24, 2.45) is 5.92 Å². The lowest BCUT2D eigenvalue weighted by molar-refractivity contribution is 0.0683. The van der Waals surface area contributed by atoms with E-state index in [1.807, 2.05) is 18.2 Å². The van der Waals surface area contributed by atoms with Gasteiger partial charge in [-0.2, -0.15) is 0 Å². The molecule has 1 aromatic heterocycles. The molecule has 0 spiro atoms. The van der Waals surface area contributed by atoms with Crippen LogP contribution in [0.15, 0.2) is 36.5 Å². The normalized spacial score (nSPS) is 21.5. The minimum Gasteiger partial charge on any atom is -0.334 e. The summed E-state index contributed by atoms with van der Waals surface area (Å²) in [6.45, 7) is 1.51. The molecule has 1 aromatic carbocycles. The van der Waals surface area contributed by atoms with Crippen LogP contribution in [0.1, 0.15) is 54.6 Å². The first-order valence-corrected chi connectivity index (χ1v) is 9.06. The molecule has 126 valence electrons. The van der Waals surface area contributed by atoms with Crippen molar-refractivity contribution in [2.75, 3.05) is 6.54 Å². The topological polar surface area (TPSA) is 51.0 Å². The minimum absolute atomic E-state index is 0.0590. The third kappa shape index (κ3) is 3.07. The maximum atomic E-state index is 12.9. The van der Waals surface area contributed by atoms with Crippen LogP contribution in [0.3, 0.4) is 0 Å². The first-order valence-electron chi connectivity index (χ1n) is 9.06. The van der Waals surface area contributed by atoms with Gasteiger partial charge < -0.3 is 4.90 Å². The highest BCUT2D eigenvalue weighted by molar-refractivity contribution is 5.92. The van der Waals surface area contributed by atoms with Gasteiger partial charge in [-0.05, 0) is 37.2 Å². The monoisotopic (exact) mass is 324 g/mol. The second-order valence-electron chi connectivity index (χ2n) is 7.04. The lowest BCUT2D eigenvalue weighted by atomic mass is 9.96. The van der Waals surface area contributed by atoms with E-state index in [9.17, 15) is 4.79 Å². The van der Waals surface area contributed by atoms with Gasteiger partial charge in [-0.15, -0.1) is 5.10 Å². The molecule has 4 rings (SSSR count). The summed E-state index contributed by atoms with van der Waals surface area (Å²) in [4.78, 5) is 15.0. The van der Waals surface area contributed by atoms with Crippen LogP contribution in [0, 0.1) is 5.92 Å². The number of likely N-dealkylation sites (tertiary alicyclic amines) is 1. The summed E-state index contributed by atoms with van der Waals surface area (Å²) in [6.07, 6.45) is 9.23. The van der Waals surface area contributed by atoms with Crippen molar-refractivity contribution in [3.63, 3.8) is 0 Å². The maximum absolute atomic E-state index is 12.9. The first-order chi connectivity index (χ1) is 11.8. The number of aromatic nitrogens is 3. The molecule has 2 heterocycles. The molecule has 1 atom stereocenters. The lowest BCUT2D eigenvalue weighted by Crippen LogP contribution is -2.39. The highest BCUT2D eigenvalue weighted by Crippen LogP contribution is 2.35. The Balaban J connectivity index is 1.46. The molecule has 0 N–H and O–H groups in total. The van der Waals surface area contributed by atoms with E-state index >= 15 is 0 Å². The van der Waals surface area contributed by atoms with Crippen molar-refractivity contribution in [3.8, 4) is 0 Å². The van der Waals surface area contributed by atoms with E-state index in [0.29, 0.717) is 24.2 Å². The van der Waals surface area contributed by atoms with Gasteiger partial charge in [0.25, 0.3) is 5.91 Å². The van der Waals surface area contributed by atoms with Crippen LogP contribution >= 0.6 is 0 Å². The van der Waals surface area contributed by atoms with Crippen LogP contribution in [-0.2, 0) is 6.54 Å². The van der Waals surface area contributed by atoms with Crippen LogP contribution in [0.5, 0.6) is 0 Å². The van der Waals surface area contributed by atoms with E-state index in [-0.39, 0.29) is 5.91 Å². The van der Waals surface area contributed by atoms with Crippen LogP contribution in [0.4, 0.5) is 0 Å². The van der Waals surface area contributed by atoms with E-state index < -0.39 is 0 Å². The van der Waals surface area contributed by atoms with Crippen LogP contribution < -0.4 is 0 Å². The molecule has 0 radical (unpaired) electrons. The van der Waals surface area contributed by atoms with Crippen LogP contribution in [0.25, 0.3) is 0 Å². The summed E-state index contributed by atoms with van der Waals surface area (Å²) < 4.78 is 1.75.